The minimum absolute atomic E-state index is 0.0153. The first-order valence-electron chi connectivity index (χ1n) is 18.1. The number of guanidine groups is 1. The number of ether oxygens (including phenoxy) is 3. The van der Waals surface area contributed by atoms with Crippen LogP contribution in [-0.2, 0) is 14.3 Å². The Morgan fingerprint density at radius 3 is 2.38 bits per heavy atom. The molecule has 11 N–H and O–H groups in total. The fraction of sp³-hybridized carbons (Fsp3) is 0.385. The number of aliphatic imine (C=N–C) groups is 1. The van der Waals surface area contributed by atoms with Crippen LogP contribution in [0.25, 0.3) is 0 Å². The van der Waals surface area contributed by atoms with Crippen LogP contribution in [0.2, 0.25) is 0 Å². The van der Waals surface area contributed by atoms with Gasteiger partial charge >= 0.3 is 0 Å². The average molecular weight is 805 g/mol. The van der Waals surface area contributed by atoms with Crippen LogP contribution in [0.1, 0.15) is 73.3 Å². The predicted molar refractivity (Wildman–Crippen MR) is 203 cm³/mol. The second kappa shape index (κ2) is 16.5. The summed E-state index contributed by atoms with van der Waals surface area (Å²) in [4.78, 5) is 62.3. The minimum atomic E-state index is -2.46. The summed E-state index contributed by atoms with van der Waals surface area (Å²) in [5.74, 6) is -4.59. The SMILES string of the molecule is CN=C(N)N[C@@H](CCO)c1c(C)cc2c(c1O)C(=O)c1c(O[C@@H]3O[C@H](CO)[C@](O)(C[C@H](CN4C(=O)C=CC4=O)c4ccnc(N)c4)[C@H](O)[C@H]3O)cc(OC)cc1C2=O. The van der Waals surface area contributed by atoms with Crippen LogP contribution in [0, 0.1) is 6.92 Å². The Kier molecular flexibility index (Phi) is 11.8. The lowest BCUT2D eigenvalue weighted by molar-refractivity contribution is -0.315. The zero-order valence-corrected chi connectivity index (χ0v) is 31.7. The highest BCUT2D eigenvalue weighted by atomic mass is 16.7. The van der Waals surface area contributed by atoms with Crippen molar-refractivity contribution in [2.45, 2.75) is 61.9 Å². The molecule has 58 heavy (non-hydrogen) atoms. The number of carbonyl (C=O) groups is 4. The number of anilines is 1. The summed E-state index contributed by atoms with van der Waals surface area (Å²) in [6, 6.07) is 6.07. The molecular formula is C39H44N6O13. The van der Waals surface area contributed by atoms with Crippen molar-refractivity contribution >= 4 is 35.2 Å². The number of aliphatic hydroxyl groups is 5. The Bertz CT molecular complexity index is 2190. The molecule has 1 aliphatic carbocycles. The van der Waals surface area contributed by atoms with E-state index in [2.05, 4.69) is 15.3 Å². The van der Waals surface area contributed by atoms with Crippen molar-refractivity contribution in [1.82, 2.24) is 15.2 Å². The van der Waals surface area contributed by atoms with Gasteiger partial charge in [-0.3, -0.25) is 29.1 Å². The highest BCUT2D eigenvalue weighted by molar-refractivity contribution is 6.30. The number of benzene rings is 2. The molecule has 0 bridgehead atoms. The number of nitrogen functional groups attached to an aromatic ring is 1. The number of rotatable bonds is 13. The highest BCUT2D eigenvalue weighted by Crippen LogP contribution is 2.45. The molecule has 3 aliphatic rings. The number of fused-ring (bicyclic) bond motifs is 2. The summed E-state index contributed by atoms with van der Waals surface area (Å²) >= 11 is 0. The van der Waals surface area contributed by atoms with E-state index in [4.69, 9.17) is 25.7 Å². The number of phenolic OH excluding ortho intramolecular Hbond substituents is 1. The number of aliphatic hydroxyl groups excluding tert-OH is 4. The van der Waals surface area contributed by atoms with Crippen molar-refractivity contribution in [2.24, 2.45) is 10.7 Å². The number of phenols is 1. The molecule has 3 aromatic rings. The number of carbonyl (C=O) groups excluding carboxylic acids is 4. The number of hydrogen-bond donors (Lipinski definition) is 9. The average Bonchev–Trinajstić information content (AvgIpc) is 3.51. The summed E-state index contributed by atoms with van der Waals surface area (Å²) in [5, 5.41) is 70.0. The molecule has 2 aromatic carbocycles. The van der Waals surface area contributed by atoms with Gasteiger partial charge in [0.25, 0.3) is 11.8 Å². The van der Waals surface area contributed by atoms with E-state index in [1.54, 1.807) is 6.92 Å². The maximum atomic E-state index is 14.4. The number of aromatic nitrogens is 1. The molecule has 19 nitrogen and oxygen atoms in total. The number of methoxy groups -OCH3 is 1. The van der Waals surface area contributed by atoms with E-state index < -0.39 is 84.3 Å². The first kappa shape index (κ1) is 41.7. The molecule has 7 atom stereocenters. The van der Waals surface area contributed by atoms with Crippen molar-refractivity contribution in [3.05, 3.63) is 87.6 Å². The molecular weight excluding hydrogens is 760 g/mol. The third kappa shape index (κ3) is 7.46. The van der Waals surface area contributed by atoms with Gasteiger partial charge in [-0.2, -0.15) is 0 Å². The van der Waals surface area contributed by atoms with Crippen LogP contribution in [0.5, 0.6) is 17.2 Å². The van der Waals surface area contributed by atoms with Gasteiger partial charge in [0, 0.05) is 67.2 Å². The minimum Gasteiger partial charge on any atom is -0.507 e. The fourth-order valence-electron chi connectivity index (χ4n) is 7.71. The number of aromatic hydroxyl groups is 1. The summed E-state index contributed by atoms with van der Waals surface area (Å²) in [5.41, 5.74) is 9.25. The number of ketones is 2. The zero-order valence-electron chi connectivity index (χ0n) is 31.7. The molecule has 2 aliphatic heterocycles. The van der Waals surface area contributed by atoms with Crippen molar-refractivity contribution in [3.8, 4) is 17.2 Å². The Morgan fingerprint density at radius 1 is 1.07 bits per heavy atom. The van der Waals surface area contributed by atoms with Crippen LogP contribution in [0.4, 0.5) is 5.82 Å². The van der Waals surface area contributed by atoms with Gasteiger partial charge in [0.05, 0.1) is 30.9 Å². The van der Waals surface area contributed by atoms with E-state index in [9.17, 15) is 49.8 Å². The molecule has 308 valence electrons. The second-order valence-electron chi connectivity index (χ2n) is 14.2. The van der Waals surface area contributed by atoms with E-state index in [0.29, 0.717) is 11.1 Å². The molecule has 1 aromatic heterocycles. The predicted octanol–water partition coefficient (Wildman–Crippen LogP) is -0.933. The van der Waals surface area contributed by atoms with Gasteiger partial charge in [0.15, 0.2) is 11.7 Å². The van der Waals surface area contributed by atoms with E-state index >= 15 is 0 Å². The Hall–Kier alpha value is -5.96. The van der Waals surface area contributed by atoms with Crippen LogP contribution >= 0.6 is 0 Å². The summed E-state index contributed by atoms with van der Waals surface area (Å²) in [7, 11) is 2.72. The van der Waals surface area contributed by atoms with Gasteiger partial charge in [-0.15, -0.1) is 0 Å². The monoisotopic (exact) mass is 804 g/mol. The number of aryl methyl sites for hydroxylation is 1. The molecule has 1 fully saturated rings. The van der Waals surface area contributed by atoms with Crippen molar-refractivity contribution in [2.75, 3.05) is 39.6 Å². The molecule has 2 amide bonds. The lowest BCUT2D eigenvalue weighted by atomic mass is 9.75. The van der Waals surface area contributed by atoms with E-state index in [0.717, 1.165) is 17.1 Å². The second-order valence-corrected chi connectivity index (χ2v) is 14.2. The zero-order chi connectivity index (χ0) is 42.2. The number of nitrogens with two attached hydrogens (primary N) is 2. The van der Waals surface area contributed by atoms with E-state index in [1.807, 2.05) is 0 Å². The summed E-state index contributed by atoms with van der Waals surface area (Å²) < 4.78 is 17.3. The van der Waals surface area contributed by atoms with Crippen LogP contribution in [-0.4, -0.2) is 134 Å². The lowest BCUT2D eigenvalue weighted by Crippen LogP contribution is -2.68. The number of amides is 2. The maximum absolute atomic E-state index is 14.4. The quantitative estimate of drug-likeness (QED) is 0.0448. The van der Waals surface area contributed by atoms with Gasteiger partial charge in [0.1, 0.15) is 47.0 Å². The van der Waals surface area contributed by atoms with Gasteiger partial charge in [0.2, 0.25) is 12.1 Å². The number of nitrogens with one attached hydrogen (secondary N) is 1. The van der Waals surface area contributed by atoms with Crippen molar-refractivity contribution in [3.63, 3.8) is 0 Å². The number of hydrogen-bond acceptors (Lipinski definition) is 16. The fourth-order valence-corrected chi connectivity index (χ4v) is 7.71. The molecule has 0 spiro atoms. The number of nitrogens with zero attached hydrogens (tertiary/aromatic N) is 3. The van der Waals surface area contributed by atoms with E-state index in [-0.39, 0.29) is 70.7 Å². The molecule has 0 radical (unpaired) electrons. The molecule has 0 unspecified atom stereocenters. The largest absolute Gasteiger partial charge is 0.507 e. The third-order valence-electron chi connectivity index (χ3n) is 10.7. The Balaban J connectivity index is 1.36. The third-order valence-corrected chi connectivity index (χ3v) is 10.7. The van der Waals surface area contributed by atoms with Crippen LogP contribution in [0.3, 0.4) is 0 Å². The van der Waals surface area contributed by atoms with Gasteiger partial charge in [-0.25, -0.2) is 4.98 Å². The maximum Gasteiger partial charge on any atom is 0.253 e. The normalized spacial score (nSPS) is 24.1. The van der Waals surface area contributed by atoms with Crippen LogP contribution in [0.15, 0.2) is 53.7 Å². The Labute approximate surface area is 331 Å². The molecule has 3 heterocycles. The summed E-state index contributed by atoms with van der Waals surface area (Å²) in [6.07, 6.45) is -4.74. The standard InChI is InChI=1S/C39H44N6O13/c1-17-10-21-31(33(51)29(17)23(7-9-46)44-38(41)42-2)34(52)30-22(32(21)50)12-20(56-3)13-24(30)57-37-35(53)36(54)39(55,25(16-47)58-37)14-19(18-6-8-43-26(40)11-18)15-45-27(48)4-5-28(45)49/h4-6,8,10-13,19,23,25,35-37,46-47,51,53-55H,7,9,14-16H2,1-3H3,(H2,40,43)(H3,41,42,44)/t19-,23+,25-,35-,36-,37-,39-/m1/s1. The molecule has 1 saturated heterocycles. The molecule has 6 rings (SSSR count). The summed E-state index contributed by atoms with van der Waals surface area (Å²) in [6.45, 7) is 0.0282. The van der Waals surface area contributed by atoms with Crippen LogP contribution < -0.4 is 26.3 Å². The number of pyridine rings is 1. The topological polar surface area (TPSA) is 310 Å². The lowest BCUT2D eigenvalue weighted by Gasteiger charge is -2.49. The van der Waals surface area contributed by atoms with Gasteiger partial charge in [-0.05, 0) is 55.2 Å². The molecule has 0 saturated carbocycles. The van der Waals surface area contributed by atoms with Crippen molar-refractivity contribution in [1.29, 1.82) is 0 Å². The van der Waals surface area contributed by atoms with Crippen molar-refractivity contribution < 1.29 is 64.0 Å². The highest BCUT2D eigenvalue weighted by Gasteiger charge is 2.56. The first-order valence-corrected chi connectivity index (χ1v) is 18.1. The van der Waals surface area contributed by atoms with Gasteiger partial charge < -0.3 is 61.6 Å². The first-order chi connectivity index (χ1) is 27.6. The van der Waals surface area contributed by atoms with Gasteiger partial charge in [-0.1, -0.05) is 0 Å². The molecule has 19 heteroatoms. The Morgan fingerprint density at radius 2 is 1.76 bits per heavy atom. The number of imide groups is 1. The smallest absolute Gasteiger partial charge is 0.253 e. The van der Waals surface area contributed by atoms with E-state index in [1.165, 1.54) is 50.7 Å².